The molecule has 0 aliphatic carbocycles. The van der Waals surface area contributed by atoms with Gasteiger partial charge in [-0.15, -0.1) is 0 Å². The summed E-state index contributed by atoms with van der Waals surface area (Å²) in [6.07, 6.45) is 2.23. The van der Waals surface area contributed by atoms with Crippen LogP contribution in [0.4, 0.5) is 4.79 Å². The molecule has 0 spiro atoms. The monoisotopic (exact) mass is 197 g/mol. The fourth-order valence-electron chi connectivity index (χ4n) is 1.29. The van der Waals surface area contributed by atoms with Crippen LogP contribution < -0.4 is 0 Å². The van der Waals surface area contributed by atoms with Crippen LogP contribution in [-0.4, -0.2) is 31.5 Å². The van der Waals surface area contributed by atoms with E-state index in [1.165, 1.54) is 11.7 Å². The number of methoxy groups -OCH3 is 2. The van der Waals surface area contributed by atoms with Crippen LogP contribution in [0.3, 0.4) is 0 Å². The zero-order valence-corrected chi connectivity index (χ0v) is 8.74. The number of carbonyl (C=O) groups is 1. The van der Waals surface area contributed by atoms with Crippen LogP contribution in [0.25, 0.3) is 0 Å². The summed E-state index contributed by atoms with van der Waals surface area (Å²) in [5.74, 6) is 0. The van der Waals surface area contributed by atoms with E-state index in [9.17, 15) is 4.79 Å². The van der Waals surface area contributed by atoms with Crippen LogP contribution in [0.15, 0.2) is 12.3 Å². The highest BCUT2D eigenvalue weighted by Crippen LogP contribution is 2.08. The number of carbonyl (C=O) groups excluding carboxylic acids is 1. The Balaban J connectivity index is 2.77. The third-order valence-electron chi connectivity index (χ3n) is 2.04. The van der Waals surface area contributed by atoms with Crippen molar-refractivity contribution in [2.75, 3.05) is 20.8 Å². The maximum absolute atomic E-state index is 11.2. The minimum atomic E-state index is -0.355. The highest BCUT2D eigenvalue weighted by atomic mass is 16.5. The maximum Gasteiger partial charge on any atom is 0.417 e. The first-order valence-corrected chi connectivity index (χ1v) is 4.44. The Morgan fingerprint density at radius 3 is 2.79 bits per heavy atom. The lowest BCUT2D eigenvalue weighted by molar-refractivity contribution is 0.172. The van der Waals surface area contributed by atoms with Crippen molar-refractivity contribution >= 4 is 6.09 Å². The first-order valence-electron chi connectivity index (χ1n) is 4.44. The van der Waals surface area contributed by atoms with Crippen molar-refractivity contribution in [1.82, 2.24) is 4.57 Å². The molecule has 1 rings (SSSR count). The molecule has 1 heterocycles. The Morgan fingerprint density at radius 2 is 2.21 bits per heavy atom. The summed E-state index contributed by atoms with van der Waals surface area (Å²) in [6, 6.07) is 1.95. The number of ether oxygens (including phenoxy) is 2. The van der Waals surface area contributed by atoms with Gasteiger partial charge in [-0.05, 0) is 25.0 Å². The van der Waals surface area contributed by atoms with Crippen LogP contribution in [0.1, 0.15) is 11.3 Å². The number of hydrogen-bond donors (Lipinski definition) is 0. The molecule has 14 heavy (non-hydrogen) atoms. The van der Waals surface area contributed by atoms with E-state index in [2.05, 4.69) is 4.74 Å². The SMILES string of the molecule is COCCc1cc(C)n(C(=O)OC)c1. The first-order chi connectivity index (χ1) is 6.69. The molecule has 0 radical (unpaired) electrons. The van der Waals surface area contributed by atoms with Crippen molar-refractivity contribution < 1.29 is 14.3 Å². The van der Waals surface area contributed by atoms with E-state index >= 15 is 0 Å². The summed E-state index contributed by atoms with van der Waals surface area (Å²) < 4.78 is 11.1. The standard InChI is InChI=1S/C10H15NO3/c1-8-6-9(4-5-13-2)7-11(8)10(12)14-3/h6-7H,4-5H2,1-3H3. The van der Waals surface area contributed by atoms with Gasteiger partial charge in [0.1, 0.15) is 0 Å². The molecule has 0 aromatic carbocycles. The van der Waals surface area contributed by atoms with Crippen molar-refractivity contribution in [1.29, 1.82) is 0 Å². The molecular formula is C10H15NO3. The maximum atomic E-state index is 11.2. The fraction of sp³-hybridized carbons (Fsp3) is 0.500. The smallest absolute Gasteiger partial charge is 0.417 e. The molecule has 0 saturated heterocycles. The van der Waals surface area contributed by atoms with Gasteiger partial charge in [-0.2, -0.15) is 0 Å². The van der Waals surface area contributed by atoms with Crippen LogP contribution in [0.5, 0.6) is 0 Å². The van der Waals surface area contributed by atoms with E-state index in [1.54, 1.807) is 13.3 Å². The van der Waals surface area contributed by atoms with Gasteiger partial charge in [0.2, 0.25) is 0 Å². The van der Waals surface area contributed by atoms with Crippen LogP contribution >= 0.6 is 0 Å². The summed E-state index contributed by atoms with van der Waals surface area (Å²) in [5.41, 5.74) is 1.96. The first kappa shape index (κ1) is 10.8. The van der Waals surface area contributed by atoms with Crippen molar-refractivity contribution in [2.45, 2.75) is 13.3 Å². The number of aromatic nitrogens is 1. The lowest BCUT2D eigenvalue weighted by atomic mass is 10.2. The Morgan fingerprint density at radius 1 is 1.50 bits per heavy atom. The Labute approximate surface area is 83.4 Å². The lowest BCUT2D eigenvalue weighted by Crippen LogP contribution is -2.11. The molecular weight excluding hydrogens is 182 g/mol. The average Bonchev–Trinajstić information content (AvgIpc) is 2.55. The van der Waals surface area contributed by atoms with Crippen LogP contribution in [0, 0.1) is 6.92 Å². The summed E-state index contributed by atoms with van der Waals surface area (Å²) in [5, 5.41) is 0. The predicted molar refractivity (Wildman–Crippen MR) is 52.6 cm³/mol. The highest BCUT2D eigenvalue weighted by molar-refractivity contribution is 5.71. The topological polar surface area (TPSA) is 40.5 Å². The molecule has 0 amide bonds. The Kier molecular flexibility index (Phi) is 3.71. The van der Waals surface area contributed by atoms with Gasteiger partial charge in [-0.1, -0.05) is 0 Å². The fourth-order valence-corrected chi connectivity index (χ4v) is 1.29. The quantitative estimate of drug-likeness (QED) is 0.739. The van der Waals surface area contributed by atoms with Gasteiger partial charge in [0, 0.05) is 19.0 Å². The third kappa shape index (κ3) is 2.35. The molecule has 1 aromatic rings. The molecule has 0 saturated carbocycles. The second kappa shape index (κ2) is 4.81. The van der Waals surface area contributed by atoms with E-state index in [0.717, 1.165) is 17.7 Å². The Hall–Kier alpha value is -1.29. The largest absolute Gasteiger partial charge is 0.452 e. The van der Waals surface area contributed by atoms with Crippen molar-refractivity contribution in [3.8, 4) is 0 Å². The van der Waals surface area contributed by atoms with Crippen molar-refractivity contribution in [3.05, 3.63) is 23.5 Å². The average molecular weight is 197 g/mol. The number of nitrogens with zero attached hydrogens (tertiary/aromatic N) is 1. The normalized spacial score (nSPS) is 10.2. The molecule has 0 unspecified atom stereocenters. The summed E-state index contributed by atoms with van der Waals surface area (Å²) in [7, 11) is 3.03. The second-order valence-electron chi connectivity index (χ2n) is 3.07. The number of hydrogen-bond acceptors (Lipinski definition) is 3. The summed E-state index contributed by atoms with van der Waals surface area (Å²) in [6.45, 7) is 2.53. The molecule has 4 nitrogen and oxygen atoms in total. The zero-order valence-electron chi connectivity index (χ0n) is 8.74. The van der Waals surface area contributed by atoms with Gasteiger partial charge in [0.25, 0.3) is 0 Å². The van der Waals surface area contributed by atoms with E-state index in [1.807, 2.05) is 13.0 Å². The molecule has 78 valence electrons. The molecule has 0 fully saturated rings. The van der Waals surface area contributed by atoms with Crippen molar-refractivity contribution in [2.24, 2.45) is 0 Å². The van der Waals surface area contributed by atoms with Crippen molar-refractivity contribution in [3.63, 3.8) is 0 Å². The van der Waals surface area contributed by atoms with Gasteiger partial charge < -0.3 is 9.47 Å². The van der Waals surface area contributed by atoms with Gasteiger partial charge in [0.05, 0.1) is 13.7 Å². The second-order valence-corrected chi connectivity index (χ2v) is 3.07. The van der Waals surface area contributed by atoms with E-state index < -0.39 is 0 Å². The van der Waals surface area contributed by atoms with E-state index in [4.69, 9.17) is 4.74 Å². The van der Waals surface area contributed by atoms with Gasteiger partial charge >= 0.3 is 6.09 Å². The Bertz CT molecular complexity index is 317. The molecule has 0 aliphatic rings. The van der Waals surface area contributed by atoms with E-state index in [0.29, 0.717) is 6.61 Å². The van der Waals surface area contributed by atoms with Gasteiger partial charge in [0.15, 0.2) is 0 Å². The molecule has 0 aliphatic heterocycles. The number of aryl methyl sites for hydroxylation is 1. The zero-order chi connectivity index (χ0) is 10.6. The number of rotatable bonds is 3. The lowest BCUT2D eigenvalue weighted by Gasteiger charge is -2.00. The summed E-state index contributed by atoms with van der Waals surface area (Å²) >= 11 is 0. The van der Waals surface area contributed by atoms with Gasteiger partial charge in [-0.25, -0.2) is 4.79 Å². The highest BCUT2D eigenvalue weighted by Gasteiger charge is 2.08. The molecule has 1 aromatic heterocycles. The minimum absolute atomic E-state index is 0.355. The summed E-state index contributed by atoms with van der Waals surface area (Å²) in [4.78, 5) is 11.2. The van der Waals surface area contributed by atoms with E-state index in [-0.39, 0.29) is 6.09 Å². The van der Waals surface area contributed by atoms with Crippen LogP contribution in [0.2, 0.25) is 0 Å². The molecule has 4 heteroatoms. The third-order valence-corrected chi connectivity index (χ3v) is 2.04. The predicted octanol–water partition coefficient (Wildman–Crippen LogP) is 1.60. The molecule has 0 bridgehead atoms. The van der Waals surface area contributed by atoms with Crippen LogP contribution in [-0.2, 0) is 15.9 Å². The minimum Gasteiger partial charge on any atom is -0.452 e. The molecule has 0 N–H and O–H groups in total. The molecule has 0 atom stereocenters. The van der Waals surface area contributed by atoms with Gasteiger partial charge in [-0.3, -0.25) is 4.57 Å².